The zero-order valence-corrected chi connectivity index (χ0v) is 38.2. The Morgan fingerprint density at radius 3 is 1.97 bits per heavy atom. The second kappa shape index (κ2) is 17.7. The first kappa shape index (κ1) is 47.2. The summed E-state index contributed by atoms with van der Waals surface area (Å²) in [6, 6.07) is 18.7. The van der Waals surface area contributed by atoms with E-state index in [-0.39, 0.29) is 22.6 Å². The first-order valence-corrected chi connectivity index (χ1v) is 26.3. The van der Waals surface area contributed by atoms with Gasteiger partial charge in [-0.3, -0.25) is 13.7 Å². The second-order valence-electron chi connectivity index (χ2n) is 16.9. The molecule has 0 radical (unpaired) electrons. The molecule has 14 nitrogen and oxygen atoms in total. The molecule has 62 heavy (non-hydrogen) atoms. The van der Waals surface area contributed by atoms with Crippen LogP contribution in [-0.4, -0.2) is 86.8 Å². The van der Waals surface area contributed by atoms with Crippen molar-refractivity contribution in [2.24, 2.45) is 0 Å². The molecule has 18 heteroatoms. The molecule has 3 aliphatic rings. The van der Waals surface area contributed by atoms with E-state index in [4.69, 9.17) is 0 Å². The van der Waals surface area contributed by atoms with Crippen LogP contribution in [0.25, 0.3) is 5.57 Å². The molecule has 3 N–H and O–H groups in total. The number of benzene rings is 3. The van der Waals surface area contributed by atoms with Gasteiger partial charge in [0.15, 0.2) is 5.71 Å². The predicted molar refractivity (Wildman–Crippen MR) is 238 cm³/mol. The first-order valence-electron chi connectivity index (χ1n) is 20.2. The number of nitrogens with zero attached hydrogens (tertiary/aromatic N) is 2. The number of unbranched alkanes of at least 4 members (excludes halogenated alkanes) is 2. The minimum absolute atomic E-state index is 0.136. The number of rotatable bonds is 16. The fourth-order valence-corrected chi connectivity index (χ4v) is 10.9. The number of hydrogen-bond acceptors (Lipinski definition) is 10. The van der Waals surface area contributed by atoms with Crippen LogP contribution in [0.5, 0.6) is 0 Å². The molecule has 0 fully saturated rings. The van der Waals surface area contributed by atoms with Gasteiger partial charge in [0.25, 0.3) is 30.4 Å². The molecule has 0 unspecified atom stereocenters. The van der Waals surface area contributed by atoms with Gasteiger partial charge in [0.2, 0.25) is 5.69 Å². The number of fused-ring (bicyclic) bond motifs is 2. The van der Waals surface area contributed by atoms with Crippen molar-refractivity contribution >= 4 is 63.1 Å². The molecule has 2 heterocycles. The Kier molecular flexibility index (Phi) is 13.5. The molecular formula is C44H52N2O12S4. The first-order chi connectivity index (χ1) is 28.8. The van der Waals surface area contributed by atoms with Crippen molar-refractivity contribution in [1.82, 2.24) is 0 Å². The third-order valence-corrected chi connectivity index (χ3v) is 15.2. The summed E-state index contributed by atoms with van der Waals surface area (Å²) in [5, 5.41) is 0. The van der Waals surface area contributed by atoms with Gasteiger partial charge in [-0.1, -0.05) is 56.3 Å². The van der Waals surface area contributed by atoms with Gasteiger partial charge < -0.3 is 9.45 Å². The van der Waals surface area contributed by atoms with Crippen LogP contribution < -0.4 is 4.90 Å². The average molecular weight is 929 g/mol. The van der Waals surface area contributed by atoms with Crippen molar-refractivity contribution in [3.63, 3.8) is 0 Å². The van der Waals surface area contributed by atoms with Gasteiger partial charge in [0.1, 0.15) is 6.54 Å². The second-order valence-corrected chi connectivity index (χ2v) is 22.8. The summed E-state index contributed by atoms with van der Waals surface area (Å²) in [6.45, 7) is 8.51. The van der Waals surface area contributed by atoms with Crippen LogP contribution in [0.2, 0.25) is 0 Å². The Morgan fingerprint density at radius 2 is 1.34 bits per heavy atom. The molecule has 3 aromatic carbocycles. The SMILES string of the molecule is CC1(C)C(/C=C/C2=C(c3ccccc3)C(=C/C=C3/N(CCCCS(=O)(=O)[O-])c4ccc(S(=O)(=O)O)cc4C3(C)C)/CCC2)=[N+](CCCCS(=O)(=O)O)c2ccc(S(=O)(=O)O)cc21. The van der Waals surface area contributed by atoms with Crippen molar-refractivity contribution in [3.8, 4) is 0 Å². The molecule has 0 saturated carbocycles. The lowest BCUT2D eigenvalue weighted by Crippen LogP contribution is -2.28. The van der Waals surface area contributed by atoms with Crippen molar-refractivity contribution in [3.05, 3.63) is 125 Å². The van der Waals surface area contributed by atoms with E-state index in [1.54, 1.807) is 12.1 Å². The van der Waals surface area contributed by atoms with Gasteiger partial charge in [-0.2, -0.15) is 29.8 Å². The standard InChI is InChI=1S/C44H52N2O12S4/c1-43(2)36-29-34(61(53,54)55)19-21-38(36)45(25-8-10-27-59(47,48)49)40(43)23-17-32-15-12-16-33(42(32)31-13-6-5-7-14-31)18-24-41-44(3,4)37-30-35(62(56,57)58)20-22-39(37)46(41)26-9-11-28-60(50,51)52/h5-7,13-14,17-24,29-30H,8-12,15-16,25-28H2,1-4H3,(H3-,47,48,49,50,51,52,53,54,55,56,57,58). The Morgan fingerprint density at radius 1 is 0.710 bits per heavy atom. The summed E-state index contributed by atoms with van der Waals surface area (Å²) in [6.07, 6.45) is 11.5. The summed E-state index contributed by atoms with van der Waals surface area (Å²) >= 11 is 0. The third-order valence-electron chi connectivity index (χ3n) is 11.9. The van der Waals surface area contributed by atoms with Gasteiger partial charge in [0.05, 0.1) is 31.1 Å². The molecule has 1 aliphatic carbocycles. The van der Waals surface area contributed by atoms with E-state index in [1.807, 2.05) is 79.7 Å². The number of anilines is 1. The molecule has 3 aromatic rings. The Balaban J connectivity index is 1.46. The lowest BCUT2D eigenvalue weighted by Gasteiger charge is -2.28. The van der Waals surface area contributed by atoms with Crippen LogP contribution in [0.15, 0.2) is 118 Å². The minimum Gasteiger partial charge on any atom is -0.748 e. The summed E-state index contributed by atoms with van der Waals surface area (Å²) in [5.41, 5.74) is 6.88. The fraction of sp³-hybridized carbons (Fsp3) is 0.386. The molecule has 0 bridgehead atoms. The zero-order valence-electron chi connectivity index (χ0n) is 35.0. The van der Waals surface area contributed by atoms with Crippen molar-refractivity contribution in [1.29, 1.82) is 0 Å². The van der Waals surface area contributed by atoms with E-state index < -0.39 is 62.8 Å². The van der Waals surface area contributed by atoms with Crippen molar-refractivity contribution in [2.75, 3.05) is 29.5 Å². The highest BCUT2D eigenvalue weighted by molar-refractivity contribution is 7.86. The summed E-state index contributed by atoms with van der Waals surface area (Å²) in [4.78, 5) is 1.51. The van der Waals surface area contributed by atoms with Crippen molar-refractivity contribution in [2.45, 2.75) is 93.3 Å². The van der Waals surface area contributed by atoms with E-state index in [9.17, 15) is 51.9 Å². The normalized spacial score (nSPS) is 19.3. The Labute approximate surface area is 365 Å². The summed E-state index contributed by atoms with van der Waals surface area (Å²) in [5.74, 6) is -0.913. The highest BCUT2D eigenvalue weighted by atomic mass is 32.2. The van der Waals surface area contributed by atoms with E-state index in [0.717, 1.165) is 53.0 Å². The highest BCUT2D eigenvalue weighted by Gasteiger charge is 2.45. The molecule has 334 valence electrons. The number of hydrogen-bond donors (Lipinski definition) is 3. The lowest BCUT2D eigenvalue weighted by molar-refractivity contribution is -0.438. The van der Waals surface area contributed by atoms with Gasteiger partial charge in [-0.05, 0) is 117 Å². The topological polar surface area (TPSA) is 227 Å². The molecular weight excluding hydrogens is 877 g/mol. The van der Waals surface area contributed by atoms with Crippen LogP contribution in [0, 0.1) is 0 Å². The molecule has 0 saturated heterocycles. The zero-order chi connectivity index (χ0) is 45.5. The van der Waals surface area contributed by atoms with Gasteiger partial charge in [-0.25, -0.2) is 8.42 Å². The van der Waals surface area contributed by atoms with Crippen LogP contribution in [0.1, 0.15) is 89.3 Å². The predicted octanol–water partition coefficient (Wildman–Crippen LogP) is 7.35. The molecule has 0 atom stereocenters. The van der Waals surface area contributed by atoms with E-state index in [0.29, 0.717) is 48.4 Å². The molecule has 0 spiro atoms. The Hall–Kier alpha value is -4.27. The van der Waals surface area contributed by atoms with E-state index in [1.165, 1.54) is 24.3 Å². The maximum atomic E-state index is 12.2. The highest BCUT2D eigenvalue weighted by Crippen LogP contribution is 2.49. The van der Waals surface area contributed by atoms with Crippen LogP contribution in [0.4, 0.5) is 11.4 Å². The minimum atomic E-state index is -4.51. The quantitative estimate of drug-likeness (QED) is 0.0726. The van der Waals surface area contributed by atoms with Gasteiger partial charge in [-0.15, -0.1) is 0 Å². The molecule has 0 aromatic heterocycles. The maximum absolute atomic E-state index is 12.2. The monoisotopic (exact) mass is 928 g/mol. The largest absolute Gasteiger partial charge is 0.748 e. The molecule has 6 rings (SSSR count). The van der Waals surface area contributed by atoms with Crippen LogP contribution >= 0.6 is 0 Å². The Bertz CT molecular complexity index is 2880. The lowest BCUT2D eigenvalue weighted by atomic mass is 9.79. The van der Waals surface area contributed by atoms with Gasteiger partial charge in [0, 0.05) is 53.2 Å². The fourth-order valence-electron chi connectivity index (χ4n) is 8.81. The van der Waals surface area contributed by atoms with Gasteiger partial charge >= 0.3 is 0 Å². The number of allylic oxidation sites excluding steroid dienone is 8. The van der Waals surface area contributed by atoms with Crippen molar-refractivity contribution < 1.29 is 56.5 Å². The smallest absolute Gasteiger partial charge is 0.294 e. The average Bonchev–Trinajstić information content (AvgIpc) is 3.52. The molecule has 0 amide bonds. The van der Waals surface area contributed by atoms with Crippen LogP contribution in [-0.2, 0) is 51.3 Å². The third kappa shape index (κ3) is 10.6. The molecule has 2 aliphatic heterocycles. The summed E-state index contributed by atoms with van der Waals surface area (Å²) in [7, 11) is -17.6. The summed E-state index contributed by atoms with van der Waals surface area (Å²) < 4.78 is 137. The van der Waals surface area contributed by atoms with E-state index in [2.05, 4.69) is 12.2 Å². The maximum Gasteiger partial charge on any atom is 0.294 e. The van der Waals surface area contributed by atoms with E-state index >= 15 is 0 Å². The van der Waals surface area contributed by atoms with Crippen LogP contribution in [0.3, 0.4) is 0 Å².